The lowest BCUT2D eigenvalue weighted by atomic mass is 10.2. The van der Waals surface area contributed by atoms with Crippen molar-refractivity contribution in [3.05, 3.63) is 0 Å². The van der Waals surface area contributed by atoms with E-state index >= 15 is 0 Å². The van der Waals surface area contributed by atoms with Crippen LogP contribution in [0, 0.1) is 0 Å². The molecule has 0 saturated carbocycles. The smallest absolute Gasteiger partial charge is 0.237 e. The van der Waals surface area contributed by atoms with Crippen LogP contribution in [0.5, 0.6) is 0 Å². The van der Waals surface area contributed by atoms with Crippen LogP contribution >= 0.6 is 0 Å². The zero-order valence-electron chi connectivity index (χ0n) is 9.40. The minimum atomic E-state index is -0.892. The minimum absolute atomic E-state index is 0.156. The van der Waals surface area contributed by atoms with Crippen molar-refractivity contribution in [2.24, 2.45) is 11.5 Å². The summed E-state index contributed by atoms with van der Waals surface area (Å²) in [6.07, 6.45) is -0.156. The monoisotopic (exact) mass is 233 g/mol. The molecule has 1 atom stereocenters. The molecule has 1 unspecified atom stereocenters. The Morgan fingerprint density at radius 2 is 2.00 bits per heavy atom. The summed E-state index contributed by atoms with van der Waals surface area (Å²) < 4.78 is 9.88. The number of hydrogen-bond acceptors (Lipinski definition) is 5. The van der Waals surface area contributed by atoms with Gasteiger partial charge in [0.25, 0.3) is 0 Å². The van der Waals surface area contributed by atoms with Crippen LogP contribution in [-0.2, 0) is 19.1 Å². The summed E-state index contributed by atoms with van der Waals surface area (Å²) in [5, 5.41) is 2.53. The first-order chi connectivity index (χ1) is 7.57. The summed E-state index contributed by atoms with van der Waals surface area (Å²) in [5.74, 6) is -1.01. The number of carbonyl (C=O) groups excluding carboxylic acids is 2. The third-order valence-corrected chi connectivity index (χ3v) is 1.74. The highest BCUT2D eigenvalue weighted by atomic mass is 16.5. The van der Waals surface area contributed by atoms with E-state index in [0.29, 0.717) is 26.4 Å². The molecule has 0 aliphatic heterocycles. The van der Waals surface area contributed by atoms with E-state index in [1.54, 1.807) is 7.11 Å². The van der Waals surface area contributed by atoms with Crippen molar-refractivity contribution >= 4 is 11.8 Å². The summed E-state index contributed by atoms with van der Waals surface area (Å²) in [6, 6.07) is -0.892. The molecule has 94 valence electrons. The number of nitrogens with one attached hydrogen (secondary N) is 1. The summed E-state index contributed by atoms with van der Waals surface area (Å²) in [6.45, 7) is 1.70. The molecule has 0 radical (unpaired) electrons. The molecule has 16 heavy (non-hydrogen) atoms. The molecular formula is C9H19N3O4. The lowest BCUT2D eigenvalue weighted by molar-refractivity contribution is -0.126. The normalized spacial score (nSPS) is 12.1. The first-order valence-corrected chi connectivity index (χ1v) is 4.96. The minimum Gasteiger partial charge on any atom is -0.382 e. The number of ether oxygens (including phenoxy) is 2. The predicted octanol–water partition coefficient (Wildman–Crippen LogP) is -2.03. The maximum atomic E-state index is 11.2. The molecule has 5 N–H and O–H groups in total. The number of amides is 2. The molecule has 0 aliphatic rings. The van der Waals surface area contributed by atoms with Crippen molar-refractivity contribution in [2.45, 2.75) is 12.5 Å². The fraction of sp³-hybridized carbons (Fsp3) is 0.778. The zero-order chi connectivity index (χ0) is 12.4. The van der Waals surface area contributed by atoms with E-state index in [1.807, 2.05) is 0 Å². The van der Waals surface area contributed by atoms with Crippen LogP contribution in [-0.4, -0.2) is 51.3 Å². The van der Waals surface area contributed by atoms with Crippen LogP contribution < -0.4 is 16.8 Å². The Morgan fingerprint density at radius 3 is 2.56 bits per heavy atom. The molecule has 0 bridgehead atoms. The lowest BCUT2D eigenvalue weighted by Gasteiger charge is -2.10. The SMILES string of the molecule is COCCOCCNC(=O)C(N)CC(N)=O. The van der Waals surface area contributed by atoms with E-state index in [9.17, 15) is 9.59 Å². The number of primary amides is 1. The molecule has 7 heteroatoms. The number of nitrogens with two attached hydrogens (primary N) is 2. The van der Waals surface area contributed by atoms with Gasteiger partial charge in [-0.3, -0.25) is 9.59 Å². The van der Waals surface area contributed by atoms with E-state index in [1.165, 1.54) is 0 Å². The Balaban J connectivity index is 3.46. The highest BCUT2D eigenvalue weighted by molar-refractivity contribution is 5.87. The van der Waals surface area contributed by atoms with E-state index < -0.39 is 17.9 Å². The molecule has 0 fully saturated rings. The predicted molar refractivity (Wildman–Crippen MR) is 57.5 cm³/mol. The third kappa shape index (κ3) is 8.16. The molecule has 0 aromatic carbocycles. The summed E-state index contributed by atoms with van der Waals surface area (Å²) in [5.41, 5.74) is 10.3. The van der Waals surface area contributed by atoms with Crippen LogP contribution in [0.1, 0.15) is 6.42 Å². The van der Waals surface area contributed by atoms with Gasteiger partial charge in [0.2, 0.25) is 11.8 Å². The lowest BCUT2D eigenvalue weighted by Crippen LogP contribution is -2.44. The van der Waals surface area contributed by atoms with Crippen molar-refractivity contribution in [2.75, 3.05) is 33.5 Å². The molecule has 0 aliphatic carbocycles. The van der Waals surface area contributed by atoms with Gasteiger partial charge in [0, 0.05) is 13.7 Å². The largest absolute Gasteiger partial charge is 0.382 e. The standard InChI is InChI=1S/C9H19N3O4/c1-15-4-5-16-3-2-12-9(14)7(10)6-8(11)13/h7H,2-6,10H2,1H3,(H2,11,13)(H,12,14). The van der Waals surface area contributed by atoms with Gasteiger partial charge < -0.3 is 26.3 Å². The average molecular weight is 233 g/mol. The molecule has 0 heterocycles. The highest BCUT2D eigenvalue weighted by Gasteiger charge is 2.14. The fourth-order valence-corrected chi connectivity index (χ4v) is 0.931. The number of hydrogen-bond donors (Lipinski definition) is 3. The van der Waals surface area contributed by atoms with Gasteiger partial charge in [-0.1, -0.05) is 0 Å². The maximum Gasteiger partial charge on any atom is 0.237 e. The number of methoxy groups -OCH3 is 1. The summed E-state index contributed by atoms with van der Waals surface area (Å²) in [7, 11) is 1.58. The van der Waals surface area contributed by atoms with Gasteiger partial charge in [-0.2, -0.15) is 0 Å². The molecule has 0 aromatic heterocycles. The second-order valence-electron chi connectivity index (χ2n) is 3.17. The second kappa shape index (κ2) is 9.08. The quantitative estimate of drug-likeness (QED) is 0.397. The molecule has 2 amide bonds. The van der Waals surface area contributed by atoms with Gasteiger partial charge in [0.15, 0.2) is 0 Å². The van der Waals surface area contributed by atoms with Crippen LogP contribution in [0.15, 0.2) is 0 Å². The van der Waals surface area contributed by atoms with E-state index in [-0.39, 0.29) is 6.42 Å². The topological polar surface area (TPSA) is 117 Å². The van der Waals surface area contributed by atoms with Gasteiger partial charge in [-0.05, 0) is 0 Å². The molecule has 7 nitrogen and oxygen atoms in total. The van der Waals surface area contributed by atoms with Crippen LogP contribution in [0.25, 0.3) is 0 Å². The van der Waals surface area contributed by atoms with Crippen LogP contribution in [0.4, 0.5) is 0 Å². The molecule has 0 saturated heterocycles. The average Bonchev–Trinajstić information content (AvgIpc) is 2.21. The van der Waals surface area contributed by atoms with Gasteiger partial charge in [0.1, 0.15) is 0 Å². The van der Waals surface area contributed by atoms with Crippen molar-refractivity contribution in [1.82, 2.24) is 5.32 Å². The first kappa shape index (κ1) is 14.8. The maximum absolute atomic E-state index is 11.2. The Morgan fingerprint density at radius 1 is 1.31 bits per heavy atom. The van der Waals surface area contributed by atoms with Crippen LogP contribution in [0.2, 0.25) is 0 Å². The van der Waals surface area contributed by atoms with E-state index in [2.05, 4.69) is 5.32 Å². The van der Waals surface area contributed by atoms with Gasteiger partial charge in [-0.25, -0.2) is 0 Å². The Kier molecular flexibility index (Phi) is 8.41. The zero-order valence-corrected chi connectivity index (χ0v) is 9.40. The van der Waals surface area contributed by atoms with Crippen molar-refractivity contribution in [1.29, 1.82) is 0 Å². The first-order valence-electron chi connectivity index (χ1n) is 4.96. The van der Waals surface area contributed by atoms with Gasteiger partial charge >= 0.3 is 0 Å². The van der Waals surface area contributed by atoms with Crippen molar-refractivity contribution in [3.8, 4) is 0 Å². The van der Waals surface area contributed by atoms with Gasteiger partial charge in [0.05, 0.1) is 32.3 Å². The van der Waals surface area contributed by atoms with Crippen molar-refractivity contribution < 1.29 is 19.1 Å². The fourth-order valence-electron chi connectivity index (χ4n) is 0.931. The van der Waals surface area contributed by atoms with E-state index in [0.717, 1.165) is 0 Å². The third-order valence-electron chi connectivity index (χ3n) is 1.74. The Labute approximate surface area is 94.4 Å². The Hall–Kier alpha value is -1.18. The molecule has 0 rings (SSSR count). The Bertz CT molecular complexity index is 223. The second-order valence-corrected chi connectivity index (χ2v) is 3.17. The summed E-state index contributed by atoms with van der Waals surface area (Å²) in [4.78, 5) is 21.7. The number of rotatable bonds is 9. The highest BCUT2D eigenvalue weighted by Crippen LogP contribution is 1.86. The number of carbonyl (C=O) groups is 2. The van der Waals surface area contributed by atoms with Crippen molar-refractivity contribution in [3.63, 3.8) is 0 Å². The van der Waals surface area contributed by atoms with Crippen LogP contribution in [0.3, 0.4) is 0 Å². The molecule has 0 aromatic rings. The summed E-state index contributed by atoms with van der Waals surface area (Å²) >= 11 is 0. The van der Waals surface area contributed by atoms with E-state index in [4.69, 9.17) is 20.9 Å². The molecular weight excluding hydrogens is 214 g/mol. The molecule has 0 spiro atoms. The van der Waals surface area contributed by atoms with Gasteiger partial charge in [-0.15, -0.1) is 0 Å².